The zero-order valence-electron chi connectivity index (χ0n) is 13.4. The van der Waals surface area contributed by atoms with Gasteiger partial charge in [-0.3, -0.25) is 0 Å². The van der Waals surface area contributed by atoms with Gasteiger partial charge in [0.15, 0.2) is 0 Å². The second kappa shape index (κ2) is 9.87. The Kier molecular flexibility index (Phi) is 8.10. The number of ether oxygens (including phenoxy) is 1. The summed E-state index contributed by atoms with van der Waals surface area (Å²) in [5.41, 5.74) is 1.02. The van der Waals surface area contributed by atoms with E-state index >= 15 is 0 Å². The summed E-state index contributed by atoms with van der Waals surface area (Å²) in [4.78, 5) is 24.2. The quantitative estimate of drug-likeness (QED) is 0.675. The molecule has 0 spiro atoms. The summed E-state index contributed by atoms with van der Waals surface area (Å²) in [5, 5.41) is 10.8. The second-order valence-electron chi connectivity index (χ2n) is 5.74. The molecule has 0 fully saturated rings. The van der Waals surface area contributed by atoms with E-state index in [-0.39, 0.29) is 12.7 Å². The summed E-state index contributed by atoms with van der Waals surface area (Å²) < 4.78 is 5.35. The van der Waals surface area contributed by atoms with E-state index in [9.17, 15) is 9.59 Å². The molecule has 0 aromatic carbocycles. The Bertz CT molecular complexity index is 430. The highest BCUT2D eigenvalue weighted by molar-refractivity contribution is 5.68. The van der Waals surface area contributed by atoms with Crippen molar-refractivity contribution in [1.82, 2.24) is 10.2 Å². The van der Waals surface area contributed by atoms with Gasteiger partial charge in [0.1, 0.15) is 6.61 Å². The second-order valence-corrected chi connectivity index (χ2v) is 5.74. The highest BCUT2D eigenvalue weighted by atomic mass is 16.6. The fraction of sp³-hybridized carbons (Fsp3) is 0.625. The van der Waals surface area contributed by atoms with Gasteiger partial charge in [-0.1, -0.05) is 32.1 Å². The van der Waals surface area contributed by atoms with Gasteiger partial charge in [-0.25, -0.2) is 9.59 Å². The van der Waals surface area contributed by atoms with E-state index in [2.05, 4.69) is 17.5 Å². The number of amides is 2. The molecule has 6 heteroatoms. The van der Waals surface area contributed by atoms with E-state index in [0.29, 0.717) is 32.0 Å². The normalized spacial score (nSPS) is 13.7. The summed E-state index contributed by atoms with van der Waals surface area (Å²) >= 11 is 0. The zero-order chi connectivity index (χ0) is 16.4. The molecule has 0 saturated heterocycles. The predicted molar refractivity (Wildman–Crippen MR) is 84.9 cm³/mol. The lowest BCUT2D eigenvalue weighted by molar-refractivity contribution is 0.105. The Morgan fingerprint density at radius 1 is 1.41 bits per heavy atom. The van der Waals surface area contributed by atoms with Crippen LogP contribution in [0.2, 0.25) is 0 Å². The summed E-state index contributed by atoms with van der Waals surface area (Å²) in [6, 6.07) is 0. The lowest BCUT2D eigenvalue weighted by atomic mass is 10.1. The molecule has 6 nitrogen and oxygen atoms in total. The van der Waals surface area contributed by atoms with Gasteiger partial charge in [-0.2, -0.15) is 0 Å². The van der Waals surface area contributed by atoms with Gasteiger partial charge >= 0.3 is 12.2 Å². The third kappa shape index (κ3) is 7.71. The van der Waals surface area contributed by atoms with E-state index in [1.807, 2.05) is 19.9 Å². The molecule has 0 radical (unpaired) electrons. The molecule has 0 heterocycles. The van der Waals surface area contributed by atoms with Crippen molar-refractivity contribution in [2.75, 3.05) is 26.2 Å². The van der Waals surface area contributed by atoms with Crippen LogP contribution >= 0.6 is 0 Å². The van der Waals surface area contributed by atoms with Gasteiger partial charge in [-0.15, -0.1) is 0 Å². The molecule has 2 amide bonds. The van der Waals surface area contributed by atoms with Gasteiger partial charge in [0.2, 0.25) is 0 Å². The fourth-order valence-electron chi connectivity index (χ4n) is 2.17. The van der Waals surface area contributed by atoms with E-state index in [1.54, 1.807) is 4.90 Å². The molecule has 0 atom stereocenters. The zero-order valence-corrected chi connectivity index (χ0v) is 13.4. The number of carbonyl (C=O) groups excluding carboxylic acids is 1. The van der Waals surface area contributed by atoms with Gasteiger partial charge in [0.25, 0.3) is 0 Å². The number of carbonyl (C=O) groups is 2. The highest BCUT2D eigenvalue weighted by Gasteiger charge is 2.16. The van der Waals surface area contributed by atoms with Gasteiger partial charge < -0.3 is 20.1 Å². The minimum Gasteiger partial charge on any atom is -0.465 e. The van der Waals surface area contributed by atoms with Crippen molar-refractivity contribution in [3.8, 4) is 0 Å². The van der Waals surface area contributed by atoms with Crippen LogP contribution in [0.1, 0.15) is 33.1 Å². The van der Waals surface area contributed by atoms with Crippen LogP contribution in [-0.4, -0.2) is 48.4 Å². The van der Waals surface area contributed by atoms with Crippen LogP contribution in [0.15, 0.2) is 23.8 Å². The molecular formula is C16H26N2O4. The molecule has 0 aromatic heterocycles. The molecule has 1 rings (SSSR count). The van der Waals surface area contributed by atoms with E-state index in [1.165, 1.54) is 0 Å². The molecular weight excluding hydrogens is 284 g/mol. The van der Waals surface area contributed by atoms with E-state index in [4.69, 9.17) is 9.84 Å². The predicted octanol–water partition coefficient (Wildman–Crippen LogP) is 3.02. The Balaban J connectivity index is 2.39. The maximum atomic E-state index is 12.2. The summed E-state index contributed by atoms with van der Waals surface area (Å²) in [5.74, 6) is 0.328. The number of allylic oxidation sites excluding steroid dienone is 2. The Morgan fingerprint density at radius 2 is 2.18 bits per heavy atom. The van der Waals surface area contributed by atoms with Crippen molar-refractivity contribution < 1.29 is 19.4 Å². The lowest BCUT2D eigenvalue weighted by Crippen LogP contribution is -2.37. The number of hydrogen-bond donors (Lipinski definition) is 2. The standard InChI is InChI=1S/C16H26N2O4/c1-13(2)11-18(10-6-9-17-15(19)20)16(21)22-12-14-7-4-3-5-8-14/h4,7-8,13,17H,3,5-6,9-12H2,1-2H3,(H,19,20). The molecule has 1 aliphatic carbocycles. The van der Waals surface area contributed by atoms with Crippen molar-refractivity contribution in [3.63, 3.8) is 0 Å². The maximum Gasteiger partial charge on any atom is 0.410 e. The Morgan fingerprint density at radius 3 is 2.77 bits per heavy atom. The SMILES string of the molecule is CC(C)CN(CCCNC(=O)O)C(=O)OCC1=CCCC=C1. The van der Waals surface area contributed by atoms with Crippen LogP contribution in [0, 0.1) is 5.92 Å². The molecule has 0 saturated carbocycles. The number of nitrogens with one attached hydrogen (secondary N) is 1. The third-order valence-electron chi connectivity index (χ3n) is 3.16. The van der Waals surface area contributed by atoms with Crippen LogP contribution in [0.25, 0.3) is 0 Å². The van der Waals surface area contributed by atoms with Crippen LogP contribution in [0.3, 0.4) is 0 Å². The topological polar surface area (TPSA) is 78.9 Å². The average molecular weight is 310 g/mol. The lowest BCUT2D eigenvalue weighted by Gasteiger charge is -2.24. The molecule has 0 unspecified atom stereocenters. The van der Waals surface area contributed by atoms with Crippen molar-refractivity contribution in [1.29, 1.82) is 0 Å². The van der Waals surface area contributed by atoms with Crippen molar-refractivity contribution in [2.24, 2.45) is 5.92 Å². The molecule has 0 bridgehead atoms. The number of nitrogens with zero attached hydrogens (tertiary/aromatic N) is 1. The molecule has 2 N–H and O–H groups in total. The molecule has 0 aliphatic heterocycles. The summed E-state index contributed by atoms with van der Waals surface area (Å²) in [6.45, 7) is 5.75. The molecule has 1 aliphatic rings. The maximum absolute atomic E-state index is 12.2. The first kappa shape index (κ1) is 18.1. The van der Waals surface area contributed by atoms with Crippen molar-refractivity contribution in [3.05, 3.63) is 23.8 Å². The smallest absolute Gasteiger partial charge is 0.410 e. The molecule has 22 heavy (non-hydrogen) atoms. The van der Waals surface area contributed by atoms with Crippen LogP contribution < -0.4 is 5.32 Å². The first-order valence-corrected chi connectivity index (χ1v) is 7.73. The van der Waals surface area contributed by atoms with Crippen molar-refractivity contribution in [2.45, 2.75) is 33.1 Å². The first-order valence-electron chi connectivity index (χ1n) is 7.73. The third-order valence-corrected chi connectivity index (χ3v) is 3.16. The number of rotatable bonds is 8. The van der Waals surface area contributed by atoms with Crippen LogP contribution in [0.5, 0.6) is 0 Å². The summed E-state index contributed by atoms with van der Waals surface area (Å²) in [7, 11) is 0. The number of carboxylic acid groups (broad SMARTS) is 1. The fourth-order valence-corrected chi connectivity index (χ4v) is 2.17. The highest BCUT2D eigenvalue weighted by Crippen LogP contribution is 2.11. The summed E-state index contributed by atoms with van der Waals surface area (Å²) in [6.07, 6.45) is 7.34. The Hall–Kier alpha value is -1.98. The minimum atomic E-state index is -1.05. The Labute approximate surface area is 131 Å². The molecule has 0 aromatic rings. The number of hydrogen-bond acceptors (Lipinski definition) is 3. The van der Waals surface area contributed by atoms with E-state index < -0.39 is 6.09 Å². The average Bonchev–Trinajstić information content (AvgIpc) is 2.48. The van der Waals surface area contributed by atoms with Gasteiger partial charge in [-0.05, 0) is 30.8 Å². The minimum absolute atomic E-state index is 0.289. The van der Waals surface area contributed by atoms with Crippen LogP contribution in [-0.2, 0) is 4.74 Å². The largest absolute Gasteiger partial charge is 0.465 e. The van der Waals surface area contributed by atoms with Crippen molar-refractivity contribution >= 4 is 12.2 Å². The monoisotopic (exact) mass is 310 g/mol. The first-order chi connectivity index (χ1) is 10.5. The van der Waals surface area contributed by atoms with E-state index in [0.717, 1.165) is 18.4 Å². The molecule has 124 valence electrons. The van der Waals surface area contributed by atoms with Gasteiger partial charge in [0, 0.05) is 19.6 Å². The van der Waals surface area contributed by atoms with Crippen LogP contribution in [0.4, 0.5) is 9.59 Å². The van der Waals surface area contributed by atoms with Gasteiger partial charge in [0.05, 0.1) is 0 Å².